The molecule has 0 spiro atoms. The molecule has 4 nitrogen and oxygen atoms in total. The minimum atomic E-state index is 0.102. The highest BCUT2D eigenvalue weighted by molar-refractivity contribution is 7.99. The predicted octanol–water partition coefficient (Wildman–Crippen LogP) is 3.01. The second-order valence-corrected chi connectivity index (χ2v) is 8.26. The van der Waals surface area contributed by atoms with Gasteiger partial charge in [-0.1, -0.05) is 43.2 Å². The first-order valence-corrected chi connectivity index (χ1v) is 10.3. The molecule has 1 unspecified atom stereocenters. The summed E-state index contributed by atoms with van der Waals surface area (Å²) < 4.78 is 0. The van der Waals surface area contributed by atoms with Crippen LogP contribution in [0.1, 0.15) is 44.2 Å². The molecule has 0 radical (unpaired) electrons. The summed E-state index contributed by atoms with van der Waals surface area (Å²) in [5, 5.41) is 3.88. The molecule has 0 bridgehead atoms. The van der Waals surface area contributed by atoms with E-state index in [4.69, 9.17) is 10.7 Å². The summed E-state index contributed by atoms with van der Waals surface area (Å²) in [5.74, 6) is 3.05. The summed E-state index contributed by atoms with van der Waals surface area (Å²) in [6.45, 7) is 5.10. The second kappa shape index (κ2) is 8.26. The van der Waals surface area contributed by atoms with Crippen LogP contribution >= 0.6 is 11.8 Å². The predicted molar refractivity (Wildman–Crippen MR) is 105 cm³/mol. The van der Waals surface area contributed by atoms with Crippen LogP contribution in [0.2, 0.25) is 0 Å². The average Bonchev–Trinajstić information content (AvgIpc) is 3.10. The quantitative estimate of drug-likeness (QED) is 0.636. The largest absolute Gasteiger partial charge is 0.370 e. The van der Waals surface area contributed by atoms with Crippen molar-refractivity contribution in [3.63, 3.8) is 0 Å². The zero-order chi connectivity index (χ0) is 16.8. The van der Waals surface area contributed by atoms with E-state index < -0.39 is 0 Å². The lowest BCUT2D eigenvalue weighted by Gasteiger charge is -2.34. The average molecular weight is 347 g/mol. The molecule has 3 N–H and O–H groups in total. The van der Waals surface area contributed by atoms with E-state index in [1.807, 2.05) is 11.8 Å². The first kappa shape index (κ1) is 17.6. The third kappa shape index (κ3) is 4.45. The lowest BCUT2D eigenvalue weighted by atomic mass is 9.95. The van der Waals surface area contributed by atoms with Crippen LogP contribution in [0.15, 0.2) is 35.3 Å². The second-order valence-electron chi connectivity index (χ2n) is 7.04. The number of nitrogens with zero attached hydrogens (tertiary/aromatic N) is 2. The summed E-state index contributed by atoms with van der Waals surface area (Å²) in [4.78, 5) is 7.03. The SMILES string of the molecule is CC(NC1(CN=C(N)N2CCSCC2)CCCC1)c1ccccc1. The molecule has 5 heteroatoms. The van der Waals surface area contributed by atoms with Crippen molar-refractivity contribution in [2.24, 2.45) is 10.7 Å². The van der Waals surface area contributed by atoms with Crippen LogP contribution in [0, 0.1) is 0 Å². The molecule has 132 valence electrons. The number of hydrogen-bond acceptors (Lipinski definition) is 3. The van der Waals surface area contributed by atoms with Crippen molar-refractivity contribution in [1.82, 2.24) is 10.2 Å². The van der Waals surface area contributed by atoms with Crippen LogP contribution in [-0.4, -0.2) is 47.5 Å². The van der Waals surface area contributed by atoms with Gasteiger partial charge in [0, 0.05) is 36.2 Å². The third-order valence-corrected chi connectivity index (χ3v) is 6.20. The zero-order valence-electron chi connectivity index (χ0n) is 14.7. The summed E-state index contributed by atoms with van der Waals surface area (Å²) in [7, 11) is 0. The number of aliphatic imine (C=N–C) groups is 1. The van der Waals surface area contributed by atoms with Gasteiger partial charge in [-0.05, 0) is 25.3 Å². The van der Waals surface area contributed by atoms with Crippen LogP contribution in [0.3, 0.4) is 0 Å². The van der Waals surface area contributed by atoms with Gasteiger partial charge in [-0.2, -0.15) is 11.8 Å². The zero-order valence-corrected chi connectivity index (χ0v) is 15.5. The van der Waals surface area contributed by atoms with E-state index in [0.29, 0.717) is 6.04 Å². The number of thioether (sulfide) groups is 1. The number of nitrogens with one attached hydrogen (secondary N) is 1. The van der Waals surface area contributed by atoms with Gasteiger partial charge in [0.25, 0.3) is 0 Å². The maximum atomic E-state index is 6.27. The molecule has 0 amide bonds. The third-order valence-electron chi connectivity index (χ3n) is 5.26. The van der Waals surface area contributed by atoms with E-state index in [-0.39, 0.29) is 5.54 Å². The number of guanidine groups is 1. The highest BCUT2D eigenvalue weighted by Gasteiger charge is 2.35. The Morgan fingerprint density at radius 3 is 2.58 bits per heavy atom. The Kier molecular flexibility index (Phi) is 6.06. The first-order chi connectivity index (χ1) is 11.7. The molecule has 0 aromatic heterocycles. The fraction of sp³-hybridized carbons (Fsp3) is 0.632. The van der Waals surface area contributed by atoms with E-state index >= 15 is 0 Å². The lowest BCUT2D eigenvalue weighted by Crippen LogP contribution is -2.48. The molecule has 1 aliphatic heterocycles. The monoisotopic (exact) mass is 346 g/mol. The Balaban J connectivity index is 1.64. The van der Waals surface area contributed by atoms with E-state index in [9.17, 15) is 0 Å². The molecular formula is C19H30N4S. The molecular weight excluding hydrogens is 316 g/mol. The van der Waals surface area contributed by atoms with Gasteiger partial charge in [-0.15, -0.1) is 0 Å². The summed E-state index contributed by atoms with van der Waals surface area (Å²) in [5.41, 5.74) is 7.71. The Labute approximate surface area is 150 Å². The van der Waals surface area contributed by atoms with Gasteiger partial charge in [-0.3, -0.25) is 4.99 Å². The van der Waals surface area contributed by atoms with Crippen molar-refractivity contribution in [3.05, 3.63) is 35.9 Å². The van der Waals surface area contributed by atoms with Crippen LogP contribution < -0.4 is 11.1 Å². The minimum absolute atomic E-state index is 0.102. The van der Waals surface area contributed by atoms with Gasteiger partial charge in [0.15, 0.2) is 5.96 Å². The smallest absolute Gasteiger partial charge is 0.191 e. The van der Waals surface area contributed by atoms with Crippen molar-refractivity contribution >= 4 is 17.7 Å². The van der Waals surface area contributed by atoms with Crippen molar-refractivity contribution in [2.45, 2.75) is 44.2 Å². The minimum Gasteiger partial charge on any atom is -0.370 e. The maximum Gasteiger partial charge on any atom is 0.191 e. The molecule has 1 aromatic carbocycles. The Morgan fingerprint density at radius 2 is 1.92 bits per heavy atom. The standard InChI is InChI=1S/C19H30N4S/c1-16(17-7-3-2-4-8-17)22-19(9-5-6-10-19)15-21-18(20)23-11-13-24-14-12-23/h2-4,7-8,16,22H,5-6,9-15H2,1H3,(H2,20,21). The molecule has 1 heterocycles. The fourth-order valence-corrected chi connectivity index (χ4v) is 4.71. The molecule has 1 aromatic rings. The van der Waals surface area contributed by atoms with Gasteiger partial charge in [0.1, 0.15) is 0 Å². The molecule has 1 saturated carbocycles. The number of nitrogens with two attached hydrogens (primary N) is 1. The Morgan fingerprint density at radius 1 is 1.25 bits per heavy atom. The van der Waals surface area contributed by atoms with Gasteiger partial charge in [0.05, 0.1) is 6.54 Å². The van der Waals surface area contributed by atoms with E-state index in [1.165, 1.54) is 31.2 Å². The Bertz CT molecular complexity index is 534. The van der Waals surface area contributed by atoms with Crippen LogP contribution in [0.25, 0.3) is 0 Å². The van der Waals surface area contributed by atoms with Crippen molar-refractivity contribution in [2.75, 3.05) is 31.1 Å². The number of benzene rings is 1. The van der Waals surface area contributed by atoms with E-state index in [2.05, 4.69) is 47.5 Å². The molecule has 1 atom stereocenters. The topological polar surface area (TPSA) is 53.6 Å². The molecule has 3 rings (SSSR count). The molecule has 24 heavy (non-hydrogen) atoms. The highest BCUT2D eigenvalue weighted by atomic mass is 32.2. The maximum absolute atomic E-state index is 6.27. The fourth-order valence-electron chi connectivity index (χ4n) is 3.81. The van der Waals surface area contributed by atoms with Gasteiger partial charge < -0.3 is 16.0 Å². The number of hydrogen-bond donors (Lipinski definition) is 2. The van der Waals surface area contributed by atoms with Crippen LogP contribution in [-0.2, 0) is 0 Å². The molecule has 1 aliphatic carbocycles. The van der Waals surface area contributed by atoms with Gasteiger partial charge in [0.2, 0.25) is 0 Å². The first-order valence-electron chi connectivity index (χ1n) is 9.14. The van der Waals surface area contributed by atoms with Crippen molar-refractivity contribution < 1.29 is 0 Å². The molecule has 2 aliphatic rings. The summed E-state index contributed by atoms with van der Waals surface area (Å²) in [6.07, 6.45) is 4.95. The van der Waals surface area contributed by atoms with E-state index in [0.717, 1.165) is 37.1 Å². The lowest BCUT2D eigenvalue weighted by molar-refractivity contribution is 0.306. The van der Waals surface area contributed by atoms with Gasteiger partial charge in [-0.25, -0.2) is 0 Å². The van der Waals surface area contributed by atoms with Crippen molar-refractivity contribution in [3.8, 4) is 0 Å². The summed E-state index contributed by atoms with van der Waals surface area (Å²) >= 11 is 2.00. The van der Waals surface area contributed by atoms with Crippen LogP contribution in [0.4, 0.5) is 0 Å². The summed E-state index contributed by atoms with van der Waals surface area (Å²) in [6, 6.07) is 11.0. The van der Waals surface area contributed by atoms with E-state index in [1.54, 1.807) is 0 Å². The Hall–Kier alpha value is -1.20. The highest BCUT2D eigenvalue weighted by Crippen LogP contribution is 2.32. The number of rotatable bonds is 5. The normalized spacial score (nSPS) is 22.5. The van der Waals surface area contributed by atoms with Crippen molar-refractivity contribution in [1.29, 1.82) is 0 Å². The van der Waals surface area contributed by atoms with Gasteiger partial charge >= 0.3 is 0 Å². The molecule has 1 saturated heterocycles. The molecule has 2 fully saturated rings. The van der Waals surface area contributed by atoms with Crippen LogP contribution in [0.5, 0.6) is 0 Å².